The number of esters is 1. The van der Waals surface area contributed by atoms with Crippen LogP contribution in [0.25, 0.3) is 0 Å². The monoisotopic (exact) mass is 500 g/mol. The summed E-state index contributed by atoms with van der Waals surface area (Å²) in [6, 6.07) is 0. The van der Waals surface area contributed by atoms with Crippen molar-refractivity contribution in [3.05, 3.63) is 0 Å². The molecule has 34 heavy (non-hydrogen) atoms. The second kappa shape index (κ2) is 9.31. The number of methoxy groups -OCH3 is 1. The van der Waals surface area contributed by atoms with Crippen molar-refractivity contribution in [2.24, 2.45) is 46.3 Å². The highest BCUT2D eigenvalue weighted by atomic mass is 32.2. The highest BCUT2D eigenvalue weighted by Gasteiger charge is 2.65. The van der Waals surface area contributed by atoms with E-state index < -0.39 is 22.3 Å². The molecule has 11 atom stereocenters. The first-order chi connectivity index (χ1) is 15.8. The molecule has 0 radical (unpaired) electrons. The first-order valence-electron chi connectivity index (χ1n) is 13.1. The third kappa shape index (κ3) is 4.46. The minimum absolute atomic E-state index is 0.0296. The number of aliphatic hydroxyl groups is 2. The highest BCUT2D eigenvalue weighted by molar-refractivity contribution is 7.86. The van der Waals surface area contributed by atoms with Crippen molar-refractivity contribution < 1.29 is 32.3 Å². The molecule has 4 aliphatic rings. The summed E-state index contributed by atoms with van der Waals surface area (Å²) >= 11 is 0. The van der Waals surface area contributed by atoms with Crippen LogP contribution in [0.2, 0.25) is 0 Å². The maximum atomic E-state index is 11.7. The van der Waals surface area contributed by atoms with Gasteiger partial charge in [-0.2, -0.15) is 8.42 Å². The predicted molar refractivity (Wildman–Crippen MR) is 128 cm³/mol. The van der Waals surface area contributed by atoms with E-state index in [0.717, 1.165) is 31.9 Å². The molecular formula is C26H44O7S. The molecule has 7 nitrogen and oxygen atoms in total. The first-order valence-corrected chi connectivity index (χ1v) is 14.9. The van der Waals surface area contributed by atoms with Gasteiger partial charge in [-0.05, 0) is 97.7 Å². The lowest BCUT2D eigenvalue weighted by Gasteiger charge is -2.63. The fraction of sp³-hybridized carbons (Fsp3) is 0.962. The summed E-state index contributed by atoms with van der Waals surface area (Å²) in [7, 11) is -2.08. The van der Waals surface area contributed by atoms with Gasteiger partial charge in [-0.1, -0.05) is 20.8 Å². The SMILES string of the molecule is COC(=O)CC[C@@H](C)[C@H]1CC[C@H]2[C@@H]3[C@@H](O)CC4C[C@@H](OS(C)(=O)=O)CC[C@]4(C)[C@H]3C[C@H](O)[C@]12C. The minimum Gasteiger partial charge on any atom is -0.469 e. The number of fused-ring (bicyclic) bond motifs is 5. The van der Waals surface area contributed by atoms with Crippen LogP contribution in [0.1, 0.15) is 78.6 Å². The first kappa shape index (κ1) is 26.4. The topological polar surface area (TPSA) is 110 Å². The van der Waals surface area contributed by atoms with E-state index in [-0.39, 0.29) is 46.6 Å². The van der Waals surface area contributed by atoms with Gasteiger partial charge in [0, 0.05) is 6.42 Å². The summed E-state index contributed by atoms with van der Waals surface area (Å²) in [6.45, 7) is 6.72. The molecule has 4 fully saturated rings. The lowest BCUT2D eigenvalue weighted by Crippen LogP contribution is -2.62. The number of ether oxygens (including phenoxy) is 1. The Morgan fingerprint density at radius 3 is 2.44 bits per heavy atom. The second-order valence-corrected chi connectivity index (χ2v) is 14.0. The molecule has 0 bridgehead atoms. The lowest BCUT2D eigenvalue weighted by atomic mass is 9.43. The van der Waals surface area contributed by atoms with Crippen LogP contribution in [0, 0.1) is 46.3 Å². The number of rotatable bonds is 6. The normalized spacial score (nSPS) is 47.3. The van der Waals surface area contributed by atoms with Gasteiger partial charge in [-0.15, -0.1) is 0 Å². The third-order valence-electron chi connectivity index (χ3n) is 10.8. The van der Waals surface area contributed by atoms with Gasteiger partial charge in [0.15, 0.2) is 0 Å². The Labute approximate surface area is 205 Å². The molecule has 0 aliphatic heterocycles. The number of carbonyl (C=O) groups is 1. The van der Waals surface area contributed by atoms with Gasteiger partial charge in [0.1, 0.15) is 0 Å². The summed E-state index contributed by atoms with van der Waals surface area (Å²) in [6.07, 6.45) is 6.63. The summed E-state index contributed by atoms with van der Waals surface area (Å²) in [4.78, 5) is 11.7. The molecule has 196 valence electrons. The van der Waals surface area contributed by atoms with Crippen molar-refractivity contribution in [1.29, 1.82) is 0 Å². The predicted octanol–water partition coefficient (Wildman–Crippen LogP) is 3.52. The minimum atomic E-state index is -3.50. The van der Waals surface area contributed by atoms with Gasteiger partial charge >= 0.3 is 5.97 Å². The standard InChI is InChI=1S/C26H44O7S/c1-15(6-9-23(29)32-4)18-7-8-19-24-20(14-22(28)26(18,19)3)25(2)11-10-17(33-34(5,30)31)12-16(25)13-21(24)27/h15-22,24,27-28H,6-14H2,1-5H3/t15-,16?,17+,18-,19+,20+,21+,22+,24+,25+,26-/m1/s1. The van der Waals surface area contributed by atoms with Gasteiger partial charge in [-0.3, -0.25) is 8.98 Å². The Bertz CT molecular complexity index is 874. The van der Waals surface area contributed by atoms with E-state index in [9.17, 15) is 23.4 Å². The van der Waals surface area contributed by atoms with Gasteiger partial charge in [0.05, 0.1) is 31.7 Å². The average Bonchev–Trinajstić information content (AvgIpc) is 3.11. The lowest BCUT2D eigenvalue weighted by molar-refractivity contribution is -0.206. The molecule has 0 amide bonds. The van der Waals surface area contributed by atoms with E-state index in [0.29, 0.717) is 43.9 Å². The van der Waals surface area contributed by atoms with Crippen LogP contribution in [0.5, 0.6) is 0 Å². The maximum Gasteiger partial charge on any atom is 0.305 e. The van der Waals surface area contributed by atoms with Crippen molar-refractivity contribution in [3.8, 4) is 0 Å². The fourth-order valence-electron chi connectivity index (χ4n) is 9.10. The molecule has 4 aliphatic carbocycles. The molecule has 0 spiro atoms. The van der Waals surface area contributed by atoms with Crippen molar-refractivity contribution in [2.45, 2.75) is 96.9 Å². The van der Waals surface area contributed by atoms with Crippen LogP contribution in [-0.4, -0.2) is 56.3 Å². The third-order valence-corrected chi connectivity index (χ3v) is 11.5. The summed E-state index contributed by atoms with van der Waals surface area (Å²) in [5.74, 6) is 1.25. The number of aliphatic hydroxyl groups excluding tert-OH is 2. The molecule has 0 aromatic carbocycles. The molecule has 0 heterocycles. The van der Waals surface area contributed by atoms with Crippen molar-refractivity contribution in [2.75, 3.05) is 13.4 Å². The molecule has 2 N–H and O–H groups in total. The van der Waals surface area contributed by atoms with Crippen LogP contribution < -0.4 is 0 Å². The van der Waals surface area contributed by atoms with Crippen molar-refractivity contribution in [3.63, 3.8) is 0 Å². The molecule has 8 heteroatoms. The van der Waals surface area contributed by atoms with Gasteiger partial charge in [0.25, 0.3) is 10.1 Å². The van der Waals surface area contributed by atoms with Gasteiger partial charge < -0.3 is 14.9 Å². The van der Waals surface area contributed by atoms with Gasteiger partial charge in [-0.25, -0.2) is 0 Å². The van der Waals surface area contributed by atoms with E-state index in [1.165, 1.54) is 7.11 Å². The number of hydrogen-bond acceptors (Lipinski definition) is 7. The summed E-state index contributed by atoms with van der Waals surface area (Å²) in [5, 5.41) is 23.1. The highest BCUT2D eigenvalue weighted by Crippen LogP contribution is 2.68. The zero-order valence-electron chi connectivity index (χ0n) is 21.4. The van der Waals surface area contributed by atoms with Crippen molar-refractivity contribution in [1.82, 2.24) is 0 Å². The average molecular weight is 501 g/mol. The summed E-state index contributed by atoms with van der Waals surface area (Å²) in [5.41, 5.74) is -0.296. The number of carbonyl (C=O) groups excluding carboxylic acids is 1. The van der Waals surface area contributed by atoms with Crippen LogP contribution in [0.15, 0.2) is 0 Å². The molecule has 0 aromatic rings. The van der Waals surface area contributed by atoms with Crippen LogP contribution >= 0.6 is 0 Å². The van der Waals surface area contributed by atoms with E-state index in [1.807, 2.05) is 0 Å². The van der Waals surface area contributed by atoms with Crippen LogP contribution in [0.3, 0.4) is 0 Å². The second-order valence-electron chi connectivity index (χ2n) is 12.4. The van der Waals surface area contributed by atoms with Crippen LogP contribution in [0.4, 0.5) is 0 Å². The zero-order valence-corrected chi connectivity index (χ0v) is 22.2. The molecule has 0 saturated heterocycles. The van der Waals surface area contributed by atoms with E-state index in [2.05, 4.69) is 20.8 Å². The quantitative estimate of drug-likeness (QED) is 0.424. The molecule has 0 aromatic heterocycles. The Balaban J connectivity index is 1.54. The van der Waals surface area contributed by atoms with E-state index in [1.54, 1.807) is 0 Å². The fourth-order valence-corrected chi connectivity index (χ4v) is 9.77. The van der Waals surface area contributed by atoms with E-state index in [4.69, 9.17) is 8.92 Å². The molecular weight excluding hydrogens is 456 g/mol. The summed E-state index contributed by atoms with van der Waals surface area (Å²) < 4.78 is 33.6. The molecule has 4 saturated carbocycles. The molecule has 4 rings (SSSR count). The number of hydrogen-bond donors (Lipinski definition) is 2. The largest absolute Gasteiger partial charge is 0.469 e. The Kier molecular flexibility index (Phi) is 7.22. The Morgan fingerprint density at radius 1 is 1.09 bits per heavy atom. The maximum absolute atomic E-state index is 11.7. The molecule has 1 unspecified atom stereocenters. The smallest absolute Gasteiger partial charge is 0.305 e. The van der Waals surface area contributed by atoms with Gasteiger partial charge in [0.2, 0.25) is 0 Å². The van der Waals surface area contributed by atoms with Crippen molar-refractivity contribution >= 4 is 16.1 Å². The van der Waals surface area contributed by atoms with Crippen LogP contribution in [-0.2, 0) is 23.8 Å². The zero-order chi connectivity index (χ0) is 25.1. The van der Waals surface area contributed by atoms with E-state index >= 15 is 0 Å². The Hall–Kier alpha value is -0.700. The Morgan fingerprint density at radius 2 is 1.79 bits per heavy atom.